The molecule has 1 fully saturated rings. The van der Waals surface area contributed by atoms with E-state index in [4.69, 9.17) is 9.16 Å². The number of ether oxygens (including phenoxy) is 1. The molecule has 1 spiro atoms. The van der Waals surface area contributed by atoms with Crippen LogP contribution in [-0.4, -0.2) is 42.6 Å². The fourth-order valence-corrected chi connectivity index (χ4v) is 7.16. The molecule has 5 nitrogen and oxygen atoms in total. The summed E-state index contributed by atoms with van der Waals surface area (Å²) in [5.74, 6) is 0. The molecule has 0 amide bonds. The van der Waals surface area contributed by atoms with Crippen molar-refractivity contribution >= 4 is 19.7 Å². The van der Waals surface area contributed by atoms with Crippen LogP contribution < -0.4 is 0 Å². The van der Waals surface area contributed by atoms with Crippen molar-refractivity contribution in [1.82, 2.24) is 15.1 Å². The Balaban J connectivity index is 1.64. The number of halogens is 3. The summed E-state index contributed by atoms with van der Waals surface area (Å²) in [6.07, 6.45) is 1.17. The number of H-pyrrole nitrogens is 1. The first-order chi connectivity index (χ1) is 15.7. The maximum absolute atomic E-state index is 14.2. The van der Waals surface area contributed by atoms with Gasteiger partial charge in [0.1, 0.15) is 10.5 Å². The number of likely N-dealkylation sites (tertiary alicyclic amines) is 1. The largest absolute Gasteiger partial charge is 0.425 e. The number of alkyl halides is 3. The average molecular weight is 516 g/mol. The summed E-state index contributed by atoms with van der Waals surface area (Å²) in [5.41, 5.74) is 1.61. The molecule has 4 heterocycles. The monoisotopic (exact) mass is 515 g/mol. The van der Waals surface area contributed by atoms with Crippen LogP contribution in [0.3, 0.4) is 0 Å². The van der Waals surface area contributed by atoms with E-state index in [1.165, 1.54) is 0 Å². The molecule has 2 aromatic heterocycles. The van der Waals surface area contributed by atoms with Crippen LogP contribution in [0.25, 0.3) is 0 Å². The summed E-state index contributed by atoms with van der Waals surface area (Å²) in [5, 5.41) is 6.80. The van der Waals surface area contributed by atoms with Crippen LogP contribution in [0.2, 0.25) is 18.1 Å². The van der Waals surface area contributed by atoms with E-state index in [1.807, 2.05) is 12.4 Å². The van der Waals surface area contributed by atoms with E-state index in [0.717, 1.165) is 40.4 Å². The van der Waals surface area contributed by atoms with E-state index in [9.17, 15) is 13.2 Å². The number of nitrogens with one attached hydrogen (secondary N) is 1. The maximum Gasteiger partial charge on any atom is 0.425 e. The molecular weight excluding hydrogens is 479 g/mol. The molecule has 0 aromatic carbocycles. The van der Waals surface area contributed by atoms with Gasteiger partial charge in [0.05, 0.1) is 19.4 Å². The van der Waals surface area contributed by atoms with Gasteiger partial charge in [0.2, 0.25) is 0 Å². The number of aromatic nitrogens is 2. The fourth-order valence-electron chi connectivity index (χ4n) is 4.82. The van der Waals surface area contributed by atoms with E-state index in [-0.39, 0.29) is 17.7 Å². The lowest BCUT2D eigenvalue weighted by Gasteiger charge is -2.47. The molecule has 0 radical (unpaired) electrons. The zero-order chi connectivity index (χ0) is 24.9. The van der Waals surface area contributed by atoms with E-state index < -0.39 is 25.0 Å². The van der Waals surface area contributed by atoms with Crippen molar-refractivity contribution in [3.8, 4) is 0 Å². The standard InChI is InChI=1S/C24H36F3N3O2SSi/c1-16-11-23(8-9-30(16)14-17-12-28-29-13-17)20-18(7-10-31-23)19(21(33-20)24(25,26)27)15-32-34(5,6)22(2,3)4/h12-13,16H,7-11,14-15H2,1-6H3,(H,28,29)/t16-,23+/m0/s1. The number of nitrogens with zero attached hydrogens (tertiary/aromatic N) is 2. The first-order valence-electron chi connectivity index (χ1n) is 12.0. The highest BCUT2D eigenvalue weighted by molar-refractivity contribution is 7.12. The highest BCUT2D eigenvalue weighted by Crippen LogP contribution is 2.52. The Morgan fingerprint density at radius 3 is 2.65 bits per heavy atom. The van der Waals surface area contributed by atoms with Crippen molar-refractivity contribution in [2.75, 3.05) is 13.2 Å². The quantitative estimate of drug-likeness (QED) is 0.464. The van der Waals surface area contributed by atoms with Crippen molar-refractivity contribution in [1.29, 1.82) is 0 Å². The summed E-state index contributed by atoms with van der Waals surface area (Å²) in [6, 6.07) is 0.179. The van der Waals surface area contributed by atoms with Crippen molar-refractivity contribution in [3.05, 3.63) is 38.8 Å². The van der Waals surface area contributed by atoms with Crippen molar-refractivity contribution in [2.24, 2.45) is 0 Å². The number of fused-ring (bicyclic) bond motifs is 2. The minimum Gasteiger partial charge on any atom is -0.413 e. The van der Waals surface area contributed by atoms with E-state index >= 15 is 0 Å². The normalized spacial score (nSPS) is 24.6. The van der Waals surface area contributed by atoms with Gasteiger partial charge in [0, 0.05) is 41.3 Å². The second kappa shape index (κ2) is 9.03. The molecule has 10 heteroatoms. The van der Waals surface area contributed by atoms with Crippen LogP contribution in [0, 0.1) is 0 Å². The summed E-state index contributed by atoms with van der Waals surface area (Å²) < 4.78 is 55.2. The molecule has 0 saturated carbocycles. The lowest BCUT2D eigenvalue weighted by molar-refractivity contribution is -0.135. The topological polar surface area (TPSA) is 50.4 Å². The highest BCUT2D eigenvalue weighted by atomic mass is 32.1. The second-order valence-corrected chi connectivity index (χ2v) is 17.1. The zero-order valence-corrected chi connectivity index (χ0v) is 22.8. The van der Waals surface area contributed by atoms with Gasteiger partial charge in [0.15, 0.2) is 8.32 Å². The molecule has 0 bridgehead atoms. The predicted octanol–water partition coefficient (Wildman–Crippen LogP) is 6.46. The molecule has 2 aliphatic heterocycles. The molecule has 34 heavy (non-hydrogen) atoms. The van der Waals surface area contributed by atoms with Crippen LogP contribution in [0.4, 0.5) is 13.2 Å². The van der Waals surface area contributed by atoms with Gasteiger partial charge in [-0.3, -0.25) is 10.00 Å². The van der Waals surface area contributed by atoms with E-state index in [2.05, 4.69) is 55.9 Å². The van der Waals surface area contributed by atoms with Crippen molar-refractivity contribution in [2.45, 2.75) is 96.1 Å². The third-order valence-electron chi connectivity index (χ3n) is 7.89. The first kappa shape index (κ1) is 25.9. The Morgan fingerprint density at radius 1 is 1.32 bits per heavy atom. The molecule has 0 aliphatic carbocycles. The van der Waals surface area contributed by atoms with Crippen LogP contribution in [0.15, 0.2) is 12.4 Å². The van der Waals surface area contributed by atoms with Gasteiger partial charge in [-0.2, -0.15) is 18.3 Å². The van der Waals surface area contributed by atoms with Gasteiger partial charge in [-0.05, 0) is 49.9 Å². The molecule has 190 valence electrons. The Labute approximate surface area is 205 Å². The Kier molecular flexibility index (Phi) is 6.87. The van der Waals surface area contributed by atoms with Gasteiger partial charge in [-0.25, -0.2) is 0 Å². The van der Waals surface area contributed by atoms with Gasteiger partial charge in [0.25, 0.3) is 0 Å². The Morgan fingerprint density at radius 2 is 2.06 bits per heavy atom. The van der Waals surface area contributed by atoms with Crippen LogP contribution in [-0.2, 0) is 40.5 Å². The minimum atomic E-state index is -4.40. The fraction of sp³-hybridized carbons (Fsp3) is 0.708. The van der Waals surface area contributed by atoms with Crippen molar-refractivity contribution in [3.63, 3.8) is 0 Å². The number of hydrogen-bond acceptors (Lipinski definition) is 5. The molecular formula is C24H36F3N3O2SSi. The molecule has 0 unspecified atom stereocenters. The first-order valence-corrected chi connectivity index (χ1v) is 15.7. The number of aromatic amines is 1. The molecule has 1 saturated heterocycles. The average Bonchev–Trinajstić information content (AvgIpc) is 3.36. The van der Waals surface area contributed by atoms with Crippen molar-refractivity contribution < 1.29 is 22.3 Å². The SMILES string of the molecule is C[C@H]1C[C@@]2(CCN1Cc1cn[nH]c1)OCCc1c2sc(C(F)(F)F)c1CO[Si](C)(C)C(C)(C)C. The third kappa shape index (κ3) is 4.89. The Bertz CT molecular complexity index is 1000. The summed E-state index contributed by atoms with van der Waals surface area (Å²) >= 11 is 0.893. The van der Waals surface area contributed by atoms with E-state index in [1.54, 1.807) is 0 Å². The molecule has 2 atom stereocenters. The number of rotatable bonds is 5. The molecule has 2 aromatic rings. The highest BCUT2D eigenvalue weighted by Gasteiger charge is 2.49. The molecule has 2 aliphatic rings. The minimum absolute atomic E-state index is 0.0232. The lowest BCUT2D eigenvalue weighted by Crippen LogP contribution is -2.50. The van der Waals surface area contributed by atoms with E-state index in [0.29, 0.717) is 31.4 Å². The second-order valence-electron chi connectivity index (χ2n) is 11.2. The smallest absolute Gasteiger partial charge is 0.413 e. The number of hydrogen-bond donors (Lipinski definition) is 1. The molecule has 1 N–H and O–H groups in total. The van der Waals surface area contributed by atoms with Crippen LogP contribution in [0.1, 0.15) is 67.0 Å². The third-order valence-corrected chi connectivity index (χ3v) is 13.9. The summed E-state index contributed by atoms with van der Waals surface area (Å²) in [7, 11) is -2.20. The summed E-state index contributed by atoms with van der Waals surface area (Å²) in [4.78, 5) is 2.62. The van der Waals surface area contributed by atoms with Gasteiger partial charge in [-0.1, -0.05) is 20.8 Å². The van der Waals surface area contributed by atoms with Crippen LogP contribution >= 0.6 is 11.3 Å². The zero-order valence-electron chi connectivity index (χ0n) is 20.9. The number of thiophene rings is 1. The molecule has 4 rings (SSSR count). The predicted molar refractivity (Wildman–Crippen MR) is 130 cm³/mol. The lowest BCUT2D eigenvalue weighted by atomic mass is 9.81. The number of piperidine rings is 1. The maximum atomic E-state index is 14.2. The van der Waals surface area contributed by atoms with Gasteiger partial charge >= 0.3 is 6.18 Å². The van der Waals surface area contributed by atoms with Crippen LogP contribution in [0.5, 0.6) is 0 Å². The van der Waals surface area contributed by atoms with Gasteiger partial charge < -0.3 is 9.16 Å². The van der Waals surface area contributed by atoms with Gasteiger partial charge in [-0.15, -0.1) is 11.3 Å². The Hall–Kier alpha value is -1.20. The summed E-state index contributed by atoms with van der Waals surface area (Å²) in [6.45, 7) is 14.6.